The number of terminal acetylenes is 1. The van der Waals surface area contributed by atoms with Crippen LogP contribution in [0, 0.1) is 25.2 Å². The summed E-state index contributed by atoms with van der Waals surface area (Å²) in [6, 6.07) is 5.57. The van der Waals surface area contributed by atoms with Crippen LogP contribution in [0.15, 0.2) is 18.2 Å². The summed E-state index contributed by atoms with van der Waals surface area (Å²) >= 11 is 0. The monoisotopic (exact) mass is 270 g/mol. The van der Waals surface area contributed by atoms with Gasteiger partial charge in [0.05, 0.1) is 0 Å². The average molecular weight is 270 g/mol. The maximum Gasteiger partial charge on any atom is 0.228 e. The quantitative estimate of drug-likeness (QED) is 0.857. The molecule has 1 N–H and O–H groups in total. The normalized spacial score (nSPS) is 17.9. The maximum absolute atomic E-state index is 12.0. The van der Waals surface area contributed by atoms with Crippen LogP contribution in [0.1, 0.15) is 25.3 Å². The molecule has 1 aromatic carbocycles. The van der Waals surface area contributed by atoms with Crippen LogP contribution in [-0.4, -0.2) is 18.4 Å². The minimum Gasteiger partial charge on any atom is -0.326 e. The fourth-order valence-electron chi connectivity index (χ4n) is 2.28. The van der Waals surface area contributed by atoms with E-state index < -0.39 is 0 Å². The summed E-state index contributed by atoms with van der Waals surface area (Å²) < 4.78 is 0. The highest BCUT2D eigenvalue weighted by atomic mass is 16.2. The Morgan fingerprint density at radius 3 is 2.90 bits per heavy atom. The molecule has 1 aliphatic heterocycles. The zero-order chi connectivity index (χ0) is 14.7. The highest BCUT2D eigenvalue weighted by molar-refractivity contribution is 5.98. The first-order valence-electron chi connectivity index (χ1n) is 6.72. The van der Waals surface area contributed by atoms with E-state index in [1.807, 2.05) is 25.1 Å². The van der Waals surface area contributed by atoms with Gasteiger partial charge in [-0.1, -0.05) is 13.0 Å². The van der Waals surface area contributed by atoms with Crippen LogP contribution < -0.4 is 10.2 Å². The van der Waals surface area contributed by atoms with Crippen molar-refractivity contribution in [2.24, 2.45) is 5.92 Å². The van der Waals surface area contributed by atoms with Crippen molar-refractivity contribution in [3.05, 3.63) is 23.8 Å². The molecule has 0 saturated carbocycles. The molecule has 1 unspecified atom stereocenters. The second kappa shape index (κ2) is 5.79. The van der Waals surface area contributed by atoms with Gasteiger partial charge < -0.3 is 10.2 Å². The van der Waals surface area contributed by atoms with Gasteiger partial charge in [-0.15, -0.1) is 12.3 Å². The topological polar surface area (TPSA) is 49.4 Å². The van der Waals surface area contributed by atoms with Crippen molar-refractivity contribution in [3.63, 3.8) is 0 Å². The Bertz CT molecular complexity index is 587. The lowest BCUT2D eigenvalue weighted by Crippen LogP contribution is -2.25. The number of rotatable bonds is 3. The molecule has 2 amide bonds. The maximum atomic E-state index is 12.0. The van der Waals surface area contributed by atoms with Crippen LogP contribution >= 0.6 is 0 Å². The molecular weight excluding hydrogens is 252 g/mol. The van der Waals surface area contributed by atoms with Crippen LogP contribution in [0.3, 0.4) is 0 Å². The van der Waals surface area contributed by atoms with Gasteiger partial charge in [-0.05, 0) is 24.6 Å². The summed E-state index contributed by atoms with van der Waals surface area (Å²) in [5.74, 6) is 2.60. The van der Waals surface area contributed by atoms with Crippen LogP contribution in [0.5, 0.6) is 0 Å². The summed E-state index contributed by atoms with van der Waals surface area (Å²) in [5, 5.41) is 2.81. The third-order valence-electron chi connectivity index (χ3n) is 3.47. The molecular formula is C16H18N2O2. The van der Waals surface area contributed by atoms with Crippen molar-refractivity contribution in [1.29, 1.82) is 0 Å². The number of nitrogens with one attached hydrogen (secondary N) is 1. The number of carbonyl (C=O) groups excluding carboxylic acids is 2. The van der Waals surface area contributed by atoms with E-state index in [0.717, 1.165) is 11.3 Å². The number of carbonyl (C=O) groups is 2. The van der Waals surface area contributed by atoms with E-state index in [2.05, 4.69) is 11.2 Å². The predicted molar refractivity (Wildman–Crippen MR) is 79.4 cm³/mol. The Morgan fingerprint density at radius 1 is 1.55 bits per heavy atom. The Hall–Kier alpha value is -2.28. The van der Waals surface area contributed by atoms with E-state index in [-0.39, 0.29) is 17.7 Å². The smallest absolute Gasteiger partial charge is 0.228 e. The molecule has 4 heteroatoms. The minimum atomic E-state index is -0.0472. The van der Waals surface area contributed by atoms with Crippen LogP contribution in [0.2, 0.25) is 0 Å². The highest BCUT2D eigenvalue weighted by Crippen LogP contribution is 2.30. The van der Waals surface area contributed by atoms with Crippen molar-refractivity contribution < 1.29 is 9.59 Å². The molecule has 0 radical (unpaired) electrons. The fraction of sp³-hybridized carbons (Fsp3) is 0.375. The average Bonchev–Trinajstić information content (AvgIpc) is 2.82. The van der Waals surface area contributed by atoms with Gasteiger partial charge in [0, 0.05) is 36.7 Å². The molecule has 0 spiro atoms. The number of benzene rings is 1. The number of hydrogen-bond acceptors (Lipinski definition) is 2. The van der Waals surface area contributed by atoms with Crippen molar-refractivity contribution in [3.8, 4) is 12.3 Å². The van der Waals surface area contributed by atoms with Crippen LogP contribution in [0.25, 0.3) is 0 Å². The molecule has 2 rings (SSSR count). The number of amides is 2. The Labute approximate surface area is 119 Å². The number of hydrogen-bond donors (Lipinski definition) is 1. The third kappa shape index (κ3) is 2.83. The standard InChI is InChI=1S/C16H18N2O2/c1-4-12-8-16(20)18(10-12)14-9-13(7-6-11(14)3)17-15(19)5-2/h1,6-7,9,12H,5,8,10H2,2-3H3,(H,17,19). The van der Waals surface area contributed by atoms with Crippen molar-refractivity contribution >= 4 is 23.2 Å². The van der Waals surface area contributed by atoms with Crippen molar-refractivity contribution in [2.75, 3.05) is 16.8 Å². The fourth-order valence-corrected chi connectivity index (χ4v) is 2.28. The van der Waals surface area contributed by atoms with Gasteiger partial charge in [0.15, 0.2) is 0 Å². The second-order valence-electron chi connectivity index (χ2n) is 4.98. The van der Waals surface area contributed by atoms with E-state index in [4.69, 9.17) is 6.42 Å². The van der Waals surface area contributed by atoms with E-state index in [9.17, 15) is 9.59 Å². The largest absolute Gasteiger partial charge is 0.326 e. The van der Waals surface area contributed by atoms with E-state index >= 15 is 0 Å². The van der Waals surface area contributed by atoms with Crippen LogP contribution in [-0.2, 0) is 9.59 Å². The first kappa shape index (κ1) is 14.1. The summed E-state index contributed by atoms with van der Waals surface area (Å²) in [5.41, 5.74) is 2.52. The molecule has 20 heavy (non-hydrogen) atoms. The Kier molecular flexibility index (Phi) is 4.09. The lowest BCUT2D eigenvalue weighted by Gasteiger charge is -2.19. The van der Waals surface area contributed by atoms with Gasteiger partial charge in [-0.3, -0.25) is 9.59 Å². The third-order valence-corrected chi connectivity index (χ3v) is 3.47. The van der Waals surface area contributed by atoms with Gasteiger partial charge in [0.2, 0.25) is 11.8 Å². The van der Waals surface area contributed by atoms with Gasteiger partial charge >= 0.3 is 0 Å². The summed E-state index contributed by atoms with van der Waals surface area (Å²) in [4.78, 5) is 25.2. The summed E-state index contributed by atoms with van der Waals surface area (Å²) in [6.45, 7) is 4.28. The van der Waals surface area contributed by atoms with E-state index in [1.165, 1.54) is 0 Å². The molecule has 0 bridgehead atoms. The lowest BCUT2D eigenvalue weighted by molar-refractivity contribution is -0.117. The van der Waals surface area contributed by atoms with Gasteiger partial charge in [-0.2, -0.15) is 0 Å². The Balaban J connectivity index is 2.27. The molecule has 0 aromatic heterocycles. The summed E-state index contributed by atoms with van der Waals surface area (Å²) in [6.07, 6.45) is 6.21. The first-order chi connectivity index (χ1) is 9.55. The zero-order valence-corrected chi connectivity index (χ0v) is 11.8. The number of anilines is 2. The van der Waals surface area contributed by atoms with Crippen molar-refractivity contribution in [1.82, 2.24) is 0 Å². The van der Waals surface area contributed by atoms with E-state index in [1.54, 1.807) is 11.8 Å². The molecule has 1 fully saturated rings. The SMILES string of the molecule is C#CC1CC(=O)N(c2cc(NC(=O)CC)ccc2C)C1. The molecule has 0 aliphatic carbocycles. The molecule has 4 nitrogen and oxygen atoms in total. The minimum absolute atomic E-state index is 0.0317. The highest BCUT2D eigenvalue weighted by Gasteiger charge is 2.30. The molecule has 1 heterocycles. The molecule has 1 aromatic rings. The van der Waals surface area contributed by atoms with Gasteiger partial charge in [0.1, 0.15) is 0 Å². The number of aryl methyl sites for hydroxylation is 1. The predicted octanol–water partition coefficient (Wildman–Crippen LogP) is 2.33. The molecule has 1 saturated heterocycles. The van der Waals surface area contributed by atoms with Crippen LogP contribution in [0.4, 0.5) is 11.4 Å². The molecule has 104 valence electrons. The first-order valence-corrected chi connectivity index (χ1v) is 6.72. The van der Waals surface area contributed by atoms with Gasteiger partial charge in [-0.25, -0.2) is 0 Å². The van der Waals surface area contributed by atoms with E-state index in [0.29, 0.717) is 25.1 Å². The summed E-state index contributed by atoms with van der Waals surface area (Å²) in [7, 11) is 0. The second-order valence-corrected chi connectivity index (χ2v) is 4.98. The molecule has 1 aliphatic rings. The molecule has 1 atom stereocenters. The number of nitrogens with zero attached hydrogens (tertiary/aromatic N) is 1. The van der Waals surface area contributed by atoms with Crippen molar-refractivity contribution in [2.45, 2.75) is 26.7 Å². The lowest BCUT2D eigenvalue weighted by atomic mass is 10.1. The van der Waals surface area contributed by atoms with Gasteiger partial charge in [0.25, 0.3) is 0 Å². The Morgan fingerprint density at radius 2 is 2.30 bits per heavy atom. The zero-order valence-electron chi connectivity index (χ0n) is 11.8.